The zero-order valence-corrected chi connectivity index (χ0v) is 26.5. The number of aliphatic carboxylic acids is 1. The number of aliphatic hydroxyl groups excluding tert-OH is 4. The first kappa shape index (κ1) is 41.9. The summed E-state index contributed by atoms with van der Waals surface area (Å²) in [7, 11) is 0. The van der Waals surface area contributed by atoms with Gasteiger partial charge in [-0.1, -0.05) is 136 Å². The minimum Gasteiger partial charge on any atom is -0.479 e. The van der Waals surface area contributed by atoms with Gasteiger partial charge in [0.15, 0.2) is 12.2 Å². The molecule has 0 aromatic rings. The van der Waals surface area contributed by atoms with Crippen molar-refractivity contribution in [1.82, 2.24) is 5.32 Å². The maximum atomic E-state index is 11.7. The summed E-state index contributed by atoms with van der Waals surface area (Å²) in [4.78, 5) is 22.2. The molecular formula is C32H67N2O7+. The Kier molecular flexibility index (Phi) is 32.3. The lowest BCUT2D eigenvalue weighted by Gasteiger charge is -2.23. The van der Waals surface area contributed by atoms with E-state index in [2.05, 4.69) is 24.9 Å². The Labute approximate surface area is 250 Å². The van der Waals surface area contributed by atoms with E-state index >= 15 is 0 Å². The number of rotatable bonds is 28. The third-order valence-corrected chi connectivity index (χ3v) is 7.45. The van der Waals surface area contributed by atoms with Crippen molar-refractivity contribution in [2.24, 2.45) is 0 Å². The van der Waals surface area contributed by atoms with E-state index in [0.29, 0.717) is 6.54 Å². The number of amides is 1. The lowest BCUT2D eigenvalue weighted by Crippen LogP contribution is -2.52. The molecule has 0 heterocycles. The summed E-state index contributed by atoms with van der Waals surface area (Å²) in [6.45, 7) is 5.93. The Morgan fingerprint density at radius 2 is 0.854 bits per heavy atom. The highest BCUT2D eigenvalue weighted by atomic mass is 16.4. The second kappa shape index (κ2) is 31.7. The summed E-state index contributed by atoms with van der Waals surface area (Å²) >= 11 is 0. The largest absolute Gasteiger partial charge is 0.479 e. The lowest BCUT2D eigenvalue weighted by atomic mass is 10.0. The number of nitrogens with one attached hydrogen (secondary N) is 1. The van der Waals surface area contributed by atoms with E-state index in [9.17, 15) is 24.9 Å². The molecule has 0 fully saturated rings. The first-order valence-electron chi connectivity index (χ1n) is 16.8. The molecule has 0 rings (SSSR count). The van der Waals surface area contributed by atoms with Gasteiger partial charge in [-0.2, -0.15) is 0 Å². The number of carboxylic acids is 1. The van der Waals surface area contributed by atoms with Crippen LogP contribution in [-0.4, -0.2) is 74.9 Å². The van der Waals surface area contributed by atoms with Gasteiger partial charge in [-0.25, -0.2) is 4.79 Å². The van der Waals surface area contributed by atoms with Crippen LogP contribution in [0.4, 0.5) is 0 Å². The smallest absolute Gasteiger partial charge is 0.335 e. The predicted molar refractivity (Wildman–Crippen MR) is 165 cm³/mol. The Morgan fingerprint density at radius 1 is 0.537 bits per heavy atom. The number of aliphatic hydroxyl groups is 4. The van der Waals surface area contributed by atoms with Gasteiger partial charge in [0.2, 0.25) is 0 Å². The average molecular weight is 592 g/mol. The van der Waals surface area contributed by atoms with Crippen molar-refractivity contribution in [3.8, 4) is 0 Å². The normalized spacial score (nSPS) is 14.0. The number of carbonyl (C=O) groups excluding carboxylic acids is 1. The van der Waals surface area contributed by atoms with Crippen LogP contribution in [0.5, 0.6) is 0 Å². The quantitative estimate of drug-likeness (QED) is 0.0656. The molecule has 0 aliphatic rings. The van der Waals surface area contributed by atoms with Gasteiger partial charge in [0.25, 0.3) is 5.91 Å². The maximum absolute atomic E-state index is 11.7. The van der Waals surface area contributed by atoms with Gasteiger partial charge in [0.05, 0.1) is 6.54 Å². The van der Waals surface area contributed by atoms with Gasteiger partial charge in [0.1, 0.15) is 12.2 Å². The van der Waals surface area contributed by atoms with Crippen LogP contribution in [0.25, 0.3) is 0 Å². The SMILES string of the molecule is CCCCCCCCCCCCCNC(=O)[C@@H](O)[C@H](O)[C@@H](O)[C@@H](O)C(=O)O.CCCCCCCCCCCCC[NH3+]. The number of carboxylic acid groups (broad SMARTS) is 1. The van der Waals surface area contributed by atoms with Crippen LogP contribution in [0.15, 0.2) is 0 Å². The number of hydrogen-bond acceptors (Lipinski definition) is 6. The highest BCUT2D eigenvalue weighted by Crippen LogP contribution is 2.12. The van der Waals surface area contributed by atoms with Gasteiger partial charge in [-0.05, 0) is 19.3 Å². The molecular weight excluding hydrogens is 524 g/mol. The van der Waals surface area contributed by atoms with Crippen LogP contribution in [-0.2, 0) is 9.59 Å². The summed E-state index contributed by atoms with van der Waals surface area (Å²) in [6, 6.07) is 0. The number of carbonyl (C=O) groups is 2. The summed E-state index contributed by atoms with van der Waals surface area (Å²) in [6.07, 6.45) is 20.1. The Hall–Kier alpha value is -1.26. The first-order valence-corrected chi connectivity index (χ1v) is 16.8. The Balaban J connectivity index is 0. The molecule has 0 bridgehead atoms. The van der Waals surface area contributed by atoms with E-state index in [1.165, 1.54) is 116 Å². The minimum atomic E-state index is -2.28. The zero-order valence-electron chi connectivity index (χ0n) is 26.5. The average Bonchev–Trinajstić information content (AvgIpc) is 2.97. The fourth-order valence-electron chi connectivity index (χ4n) is 4.62. The molecule has 0 aromatic carbocycles. The van der Waals surface area contributed by atoms with Crippen molar-refractivity contribution in [1.29, 1.82) is 0 Å². The van der Waals surface area contributed by atoms with Gasteiger partial charge in [-0.3, -0.25) is 4.79 Å². The van der Waals surface area contributed by atoms with Crippen LogP contribution < -0.4 is 11.1 Å². The molecule has 9 N–H and O–H groups in total. The molecule has 1 amide bonds. The molecule has 4 atom stereocenters. The number of quaternary nitrogens is 1. The van der Waals surface area contributed by atoms with E-state index in [4.69, 9.17) is 10.2 Å². The molecule has 0 aromatic heterocycles. The van der Waals surface area contributed by atoms with Crippen LogP contribution in [0.1, 0.15) is 155 Å². The zero-order chi connectivity index (χ0) is 31.1. The topological polar surface area (TPSA) is 175 Å². The third-order valence-electron chi connectivity index (χ3n) is 7.45. The highest BCUT2D eigenvalue weighted by Gasteiger charge is 2.37. The van der Waals surface area contributed by atoms with Crippen LogP contribution >= 0.6 is 0 Å². The van der Waals surface area contributed by atoms with Crippen molar-refractivity contribution < 1.29 is 40.9 Å². The monoisotopic (exact) mass is 591 g/mol. The van der Waals surface area contributed by atoms with Crippen molar-refractivity contribution >= 4 is 11.9 Å². The Morgan fingerprint density at radius 3 is 1.20 bits per heavy atom. The van der Waals surface area contributed by atoms with Crippen LogP contribution in [0.2, 0.25) is 0 Å². The molecule has 41 heavy (non-hydrogen) atoms. The summed E-state index contributed by atoms with van der Waals surface area (Å²) in [5, 5.41) is 48.8. The van der Waals surface area contributed by atoms with E-state index in [0.717, 1.165) is 32.2 Å². The molecule has 0 unspecified atom stereocenters. The molecule has 0 radical (unpaired) electrons. The predicted octanol–water partition coefficient (Wildman–Crippen LogP) is 4.48. The third kappa shape index (κ3) is 27.3. The van der Waals surface area contributed by atoms with Gasteiger partial charge >= 0.3 is 5.97 Å². The molecule has 0 spiro atoms. The van der Waals surface area contributed by atoms with Gasteiger partial charge in [0, 0.05) is 6.54 Å². The van der Waals surface area contributed by atoms with E-state index in [-0.39, 0.29) is 0 Å². The lowest BCUT2D eigenvalue weighted by molar-refractivity contribution is -0.368. The summed E-state index contributed by atoms with van der Waals surface area (Å²) < 4.78 is 0. The van der Waals surface area contributed by atoms with Crippen LogP contribution in [0.3, 0.4) is 0 Å². The van der Waals surface area contributed by atoms with E-state index in [1.54, 1.807) is 0 Å². The van der Waals surface area contributed by atoms with Crippen LogP contribution in [0, 0.1) is 0 Å². The van der Waals surface area contributed by atoms with Crippen molar-refractivity contribution in [3.63, 3.8) is 0 Å². The second-order valence-electron chi connectivity index (χ2n) is 11.4. The van der Waals surface area contributed by atoms with Crippen molar-refractivity contribution in [2.45, 2.75) is 180 Å². The second-order valence-corrected chi connectivity index (χ2v) is 11.4. The molecule has 246 valence electrons. The molecule has 0 saturated heterocycles. The Bertz CT molecular complexity index is 568. The molecule has 9 heteroatoms. The fraction of sp³-hybridized carbons (Fsp3) is 0.938. The number of unbranched alkanes of at least 4 members (excludes halogenated alkanes) is 20. The molecule has 0 saturated carbocycles. The maximum Gasteiger partial charge on any atom is 0.335 e. The van der Waals surface area contributed by atoms with Gasteiger partial charge < -0.3 is 36.6 Å². The molecule has 9 nitrogen and oxygen atoms in total. The van der Waals surface area contributed by atoms with E-state index in [1.807, 2.05) is 0 Å². The highest BCUT2D eigenvalue weighted by molar-refractivity contribution is 5.81. The molecule has 0 aliphatic heterocycles. The van der Waals surface area contributed by atoms with E-state index < -0.39 is 36.3 Å². The number of hydrogen-bond donors (Lipinski definition) is 7. The standard InChI is InChI=1S/C19H37NO7.C13H29N/c1-2-3-4-5-6-7-8-9-10-11-12-13-20-18(25)16(23)14(21)15(22)17(24)19(26)27;1-2-3-4-5-6-7-8-9-10-11-12-13-14/h14-17,21-24H,2-13H2,1H3,(H,20,25)(H,26,27);2-14H2,1H3/p+1/t14-,15-,16+,17-;/m1./s1. The fourth-order valence-corrected chi connectivity index (χ4v) is 4.62. The van der Waals surface area contributed by atoms with Crippen molar-refractivity contribution in [2.75, 3.05) is 13.1 Å². The first-order chi connectivity index (χ1) is 19.7. The van der Waals surface area contributed by atoms with Crippen molar-refractivity contribution in [3.05, 3.63) is 0 Å². The van der Waals surface area contributed by atoms with Gasteiger partial charge in [-0.15, -0.1) is 0 Å². The summed E-state index contributed by atoms with van der Waals surface area (Å²) in [5.74, 6) is -2.67. The molecule has 0 aliphatic carbocycles. The minimum absolute atomic E-state index is 0.317. The summed E-state index contributed by atoms with van der Waals surface area (Å²) in [5.41, 5.74) is 3.86.